The Morgan fingerprint density at radius 1 is 1.10 bits per heavy atom. The van der Waals surface area contributed by atoms with E-state index in [4.69, 9.17) is 4.74 Å². The molecule has 6 nitrogen and oxygen atoms in total. The predicted octanol–water partition coefficient (Wildman–Crippen LogP) is 2.79. The van der Waals surface area contributed by atoms with E-state index in [1.54, 1.807) is 35.7 Å². The summed E-state index contributed by atoms with van der Waals surface area (Å²) in [6.45, 7) is 3.40. The molecule has 2 aromatic carbocycles. The van der Waals surface area contributed by atoms with E-state index in [0.717, 1.165) is 29.8 Å². The van der Waals surface area contributed by atoms with Crippen LogP contribution in [-0.2, 0) is 10.0 Å². The molecule has 0 spiro atoms. The number of fused-ring (bicyclic) bond motifs is 2. The van der Waals surface area contributed by atoms with Gasteiger partial charge in [0, 0.05) is 31.0 Å². The number of likely N-dealkylation sites (N-methyl/N-ethyl adjacent to an activating group) is 1. The van der Waals surface area contributed by atoms with Crippen LogP contribution in [0.5, 0.6) is 5.75 Å². The number of aliphatic hydroxyl groups is 1. The van der Waals surface area contributed by atoms with Crippen molar-refractivity contribution < 1.29 is 18.3 Å². The molecular weight excluding hydrogens is 400 g/mol. The molecule has 1 fully saturated rings. The maximum absolute atomic E-state index is 13.5. The fourth-order valence-corrected chi connectivity index (χ4v) is 7.30. The van der Waals surface area contributed by atoms with Gasteiger partial charge in [-0.05, 0) is 60.8 Å². The number of nitrogens with zero attached hydrogens (tertiary/aromatic N) is 2. The Balaban J connectivity index is 1.58. The number of hydrogen-bond acceptors (Lipinski definition) is 5. The van der Waals surface area contributed by atoms with E-state index >= 15 is 0 Å². The zero-order chi connectivity index (χ0) is 21.2. The monoisotopic (exact) mass is 428 g/mol. The normalized spacial score (nSPS) is 30.7. The van der Waals surface area contributed by atoms with Crippen molar-refractivity contribution in [1.29, 1.82) is 0 Å². The van der Waals surface area contributed by atoms with Crippen LogP contribution in [-0.4, -0.2) is 57.8 Å². The maximum Gasteiger partial charge on any atom is 0.264 e. The highest BCUT2D eigenvalue weighted by molar-refractivity contribution is 7.92. The topological polar surface area (TPSA) is 70.1 Å². The molecule has 0 bridgehead atoms. The van der Waals surface area contributed by atoms with Crippen LogP contribution in [0, 0.1) is 5.92 Å². The lowest BCUT2D eigenvalue weighted by Gasteiger charge is -2.49. The first-order valence-electron chi connectivity index (χ1n) is 10.5. The molecule has 2 aromatic rings. The summed E-state index contributed by atoms with van der Waals surface area (Å²) >= 11 is 0. The Hall–Kier alpha value is -2.09. The summed E-state index contributed by atoms with van der Waals surface area (Å²) in [5.74, 6) is 0.982. The van der Waals surface area contributed by atoms with Gasteiger partial charge in [-0.1, -0.05) is 19.1 Å². The lowest BCUT2D eigenvalue weighted by Crippen LogP contribution is -2.54. The van der Waals surface area contributed by atoms with Gasteiger partial charge < -0.3 is 14.7 Å². The van der Waals surface area contributed by atoms with E-state index in [2.05, 4.69) is 24.9 Å². The average molecular weight is 429 g/mol. The minimum Gasteiger partial charge on any atom is -0.497 e. The van der Waals surface area contributed by atoms with Crippen LogP contribution in [0.3, 0.4) is 0 Å². The standard InChI is InChI=1S/C23H28N2O4S/c1-14-12-24(2)20-11-15-13-25(30(27,28)17-9-7-16(29-3)8-10-17)19-6-4-5-18(21(15)19)22(20)23(14)26/h4-10,14-15,20,22-23,26H,11-13H2,1-3H3/t14-,15+,20+,22-,23-/m1/s1. The summed E-state index contributed by atoms with van der Waals surface area (Å²) in [4.78, 5) is 2.61. The van der Waals surface area contributed by atoms with Crippen LogP contribution in [0.25, 0.3) is 0 Å². The molecule has 0 unspecified atom stereocenters. The van der Waals surface area contributed by atoms with Crippen molar-refractivity contribution in [2.75, 3.05) is 31.6 Å². The number of rotatable bonds is 3. The molecule has 3 aliphatic rings. The van der Waals surface area contributed by atoms with Gasteiger partial charge in [-0.25, -0.2) is 8.42 Å². The average Bonchev–Trinajstić information content (AvgIpc) is 3.13. The fourth-order valence-electron chi connectivity index (χ4n) is 5.77. The summed E-state index contributed by atoms with van der Waals surface area (Å²) in [6, 6.07) is 12.7. The van der Waals surface area contributed by atoms with E-state index in [1.165, 1.54) is 0 Å². The Bertz CT molecular complexity index is 1070. The van der Waals surface area contributed by atoms with E-state index in [1.807, 2.05) is 12.1 Å². The van der Waals surface area contributed by atoms with Crippen LogP contribution in [0.2, 0.25) is 0 Å². The summed E-state index contributed by atoms with van der Waals surface area (Å²) in [5, 5.41) is 11.0. The Morgan fingerprint density at radius 3 is 2.53 bits per heavy atom. The summed E-state index contributed by atoms with van der Waals surface area (Å²) in [7, 11) is 0.00582. The van der Waals surface area contributed by atoms with Crippen LogP contribution >= 0.6 is 0 Å². The fraction of sp³-hybridized carbons (Fsp3) is 0.478. The van der Waals surface area contributed by atoms with E-state index in [0.29, 0.717) is 12.3 Å². The highest BCUT2D eigenvalue weighted by Crippen LogP contribution is 2.53. The molecule has 0 saturated carbocycles. The van der Waals surface area contributed by atoms with Gasteiger partial charge in [-0.3, -0.25) is 4.31 Å². The maximum atomic E-state index is 13.5. The number of methoxy groups -OCH3 is 1. The lowest BCUT2D eigenvalue weighted by molar-refractivity contribution is -0.0188. The van der Waals surface area contributed by atoms with Gasteiger partial charge in [0.15, 0.2) is 0 Å². The van der Waals surface area contributed by atoms with Gasteiger partial charge in [-0.2, -0.15) is 0 Å². The third-order valence-electron chi connectivity index (χ3n) is 7.22. The number of anilines is 1. The predicted molar refractivity (Wildman–Crippen MR) is 116 cm³/mol. The van der Waals surface area contributed by atoms with Crippen molar-refractivity contribution in [3.05, 3.63) is 53.6 Å². The van der Waals surface area contributed by atoms with Gasteiger partial charge >= 0.3 is 0 Å². The largest absolute Gasteiger partial charge is 0.497 e. The first-order chi connectivity index (χ1) is 14.3. The van der Waals surface area contributed by atoms with Crippen LogP contribution in [0.4, 0.5) is 5.69 Å². The second-order valence-electron chi connectivity index (χ2n) is 8.92. The molecular formula is C23H28N2O4S. The van der Waals surface area contributed by atoms with Crippen molar-refractivity contribution in [3.63, 3.8) is 0 Å². The van der Waals surface area contributed by atoms with Gasteiger partial charge in [0.05, 0.1) is 23.8 Å². The van der Waals surface area contributed by atoms with Crippen LogP contribution in [0.15, 0.2) is 47.4 Å². The zero-order valence-corrected chi connectivity index (χ0v) is 18.3. The van der Waals surface area contributed by atoms with Gasteiger partial charge in [-0.15, -0.1) is 0 Å². The molecule has 0 aromatic heterocycles. The van der Waals surface area contributed by atoms with Crippen molar-refractivity contribution >= 4 is 15.7 Å². The van der Waals surface area contributed by atoms with E-state index < -0.39 is 16.1 Å². The first-order valence-corrected chi connectivity index (χ1v) is 11.9. The van der Waals surface area contributed by atoms with Crippen LogP contribution in [0.1, 0.15) is 36.3 Å². The number of hydrogen-bond donors (Lipinski definition) is 1. The molecule has 2 aliphatic heterocycles. The quantitative estimate of drug-likeness (QED) is 0.814. The Labute approximate surface area is 178 Å². The van der Waals surface area contributed by atoms with Crippen molar-refractivity contribution in [2.45, 2.75) is 42.2 Å². The number of sulfonamides is 1. The molecule has 2 heterocycles. The molecule has 1 saturated heterocycles. The van der Waals surface area contributed by atoms with Crippen molar-refractivity contribution in [3.8, 4) is 5.75 Å². The minimum absolute atomic E-state index is 0.0218. The molecule has 5 rings (SSSR count). The molecule has 5 atom stereocenters. The van der Waals surface area contributed by atoms with Gasteiger partial charge in [0.1, 0.15) is 5.75 Å². The van der Waals surface area contributed by atoms with Crippen molar-refractivity contribution in [2.24, 2.45) is 5.92 Å². The number of likely N-dealkylation sites (tertiary alicyclic amines) is 1. The second-order valence-corrected chi connectivity index (χ2v) is 10.8. The number of benzene rings is 2. The summed E-state index contributed by atoms with van der Waals surface area (Å²) in [5.41, 5.74) is 2.99. The highest BCUT2D eigenvalue weighted by Gasteiger charge is 2.50. The van der Waals surface area contributed by atoms with Crippen molar-refractivity contribution in [1.82, 2.24) is 4.90 Å². The molecule has 160 valence electrons. The minimum atomic E-state index is -3.68. The number of ether oxygens (including phenoxy) is 1. The zero-order valence-electron chi connectivity index (χ0n) is 17.5. The summed E-state index contributed by atoms with van der Waals surface area (Å²) < 4.78 is 33.8. The third kappa shape index (κ3) is 2.79. The molecule has 30 heavy (non-hydrogen) atoms. The molecule has 1 N–H and O–H groups in total. The van der Waals surface area contributed by atoms with Crippen LogP contribution < -0.4 is 9.04 Å². The third-order valence-corrected chi connectivity index (χ3v) is 9.01. The summed E-state index contributed by atoms with van der Waals surface area (Å²) in [6.07, 6.45) is 0.453. The second kappa shape index (κ2) is 6.97. The smallest absolute Gasteiger partial charge is 0.264 e. The SMILES string of the molecule is COc1ccc(S(=O)(=O)N2C[C@@H]3C[C@H]4[C@@H](c5cccc2c53)[C@H](O)[C@H](C)CN4C)cc1. The number of aliphatic hydroxyl groups excluding tert-OH is 1. The molecule has 0 radical (unpaired) electrons. The molecule has 0 amide bonds. The Kier molecular flexibility index (Phi) is 4.61. The Morgan fingerprint density at radius 2 is 1.83 bits per heavy atom. The first kappa shape index (κ1) is 19.8. The van der Waals surface area contributed by atoms with E-state index in [-0.39, 0.29) is 28.7 Å². The van der Waals surface area contributed by atoms with Gasteiger partial charge in [0.25, 0.3) is 10.0 Å². The number of piperidine rings is 1. The lowest BCUT2D eigenvalue weighted by atomic mass is 9.67. The molecule has 7 heteroatoms. The van der Waals surface area contributed by atoms with E-state index in [9.17, 15) is 13.5 Å². The molecule has 1 aliphatic carbocycles. The van der Waals surface area contributed by atoms with Gasteiger partial charge in [0.2, 0.25) is 0 Å². The highest BCUT2D eigenvalue weighted by atomic mass is 32.2.